The van der Waals surface area contributed by atoms with Gasteiger partial charge in [-0.3, -0.25) is 4.79 Å². The van der Waals surface area contributed by atoms with E-state index >= 15 is 0 Å². The Morgan fingerprint density at radius 2 is 1.60 bits per heavy atom. The molecule has 160 valence electrons. The maximum atomic E-state index is 12.5. The minimum absolute atomic E-state index is 0.199. The summed E-state index contributed by atoms with van der Waals surface area (Å²) in [4.78, 5) is 17.8. The number of hydrogen-bond donors (Lipinski definition) is 1. The van der Waals surface area contributed by atoms with Crippen LogP contribution in [0.25, 0.3) is 0 Å². The highest BCUT2D eigenvalue weighted by Gasteiger charge is 2.29. The van der Waals surface area contributed by atoms with Gasteiger partial charge in [0.15, 0.2) is 23.0 Å². The van der Waals surface area contributed by atoms with Gasteiger partial charge in [0.2, 0.25) is 6.10 Å². The van der Waals surface area contributed by atoms with Gasteiger partial charge in [-0.25, -0.2) is 0 Å². The predicted octanol–water partition coefficient (Wildman–Crippen LogP) is 2.57. The molecule has 8 heteroatoms. The topological polar surface area (TPSA) is 87.6 Å². The highest BCUT2D eigenvalue weighted by molar-refractivity contribution is 6.04. The molecule has 30 heavy (non-hydrogen) atoms. The molecule has 0 aliphatic carbocycles. The van der Waals surface area contributed by atoms with Crippen molar-refractivity contribution >= 4 is 11.6 Å². The van der Waals surface area contributed by atoms with E-state index in [1.807, 2.05) is 30.3 Å². The number of carbonyl (C=O) groups excluding carboxylic acids is 1. The first-order chi connectivity index (χ1) is 14.6. The van der Waals surface area contributed by atoms with Gasteiger partial charge in [0.1, 0.15) is 0 Å². The van der Waals surface area contributed by atoms with E-state index < -0.39 is 6.10 Å². The summed E-state index contributed by atoms with van der Waals surface area (Å²) in [6.45, 7) is 0.472. The zero-order chi connectivity index (χ0) is 21.5. The Morgan fingerprint density at radius 3 is 2.27 bits per heavy atom. The third-order valence-electron chi connectivity index (χ3n) is 4.84. The number of methoxy groups -OCH3 is 4. The average Bonchev–Trinajstić information content (AvgIpc) is 3.28. The van der Waals surface area contributed by atoms with Crippen molar-refractivity contribution in [1.82, 2.24) is 5.32 Å². The van der Waals surface area contributed by atoms with Crippen LogP contribution in [0.1, 0.15) is 17.5 Å². The first-order valence-electron chi connectivity index (χ1n) is 9.53. The molecule has 3 rings (SSSR count). The fourth-order valence-corrected chi connectivity index (χ4v) is 3.18. The molecule has 1 aliphatic heterocycles. The van der Waals surface area contributed by atoms with Crippen molar-refractivity contribution in [3.05, 3.63) is 47.5 Å². The van der Waals surface area contributed by atoms with Crippen LogP contribution in [0, 0.1) is 0 Å². The summed E-state index contributed by atoms with van der Waals surface area (Å²) in [6.07, 6.45) is 0.387. The molecular formula is C22H26N2O6. The Morgan fingerprint density at radius 1 is 0.967 bits per heavy atom. The molecule has 1 N–H and O–H groups in total. The van der Waals surface area contributed by atoms with E-state index in [4.69, 9.17) is 23.8 Å². The highest BCUT2D eigenvalue weighted by Crippen LogP contribution is 2.30. The Balaban J connectivity index is 1.52. The van der Waals surface area contributed by atoms with Crippen molar-refractivity contribution in [2.24, 2.45) is 5.16 Å². The lowest BCUT2D eigenvalue weighted by Crippen LogP contribution is -2.36. The molecule has 2 aromatic carbocycles. The molecule has 0 bridgehead atoms. The normalized spacial score (nSPS) is 15.1. The summed E-state index contributed by atoms with van der Waals surface area (Å²) < 4.78 is 21.1. The summed E-state index contributed by atoms with van der Waals surface area (Å²) >= 11 is 0. The van der Waals surface area contributed by atoms with Crippen molar-refractivity contribution in [2.75, 3.05) is 35.0 Å². The molecule has 0 aromatic heterocycles. The SMILES string of the molecule is COc1ccc(CCNC(=O)[C@@H]2CC(c3ccc(OC)c(OC)c3)=NO2)cc1OC. The standard InChI is InChI=1S/C22H26N2O6/c1-26-17-7-5-14(11-19(17)28-3)9-10-23-22(25)21-13-16(24-30-21)15-6-8-18(27-2)20(12-15)29-4/h5-8,11-12,21H,9-10,13H2,1-4H3,(H,23,25)/t21-/m0/s1. The number of rotatable bonds is 9. The summed E-state index contributed by atoms with van der Waals surface area (Å²) in [5.41, 5.74) is 2.55. The van der Waals surface area contributed by atoms with Crippen LogP contribution in [-0.2, 0) is 16.1 Å². The second kappa shape index (κ2) is 9.87. The number of benzene rings is 2. The quantitative estimate of drug-likeness (QED) is 0.679. The number of hydrogen-bond acceptors (Lipinski definition) is 7. The van der Waals surface area contributed by atoms with Crippen LogP contribution < -0.4 is 24.3 Å². The first kappa shape index (κ1) is 21.3. The zero-order valence-electron chi connectivity index (χ0n) is 17.6. The molecule has 1 heterocycles. The highest BCUT2D eigenvalue weighted by atomic mass is 16.6. The maximum absolute atomic E-state index is 12.5. The lowest BCUT2D eigenvalue weighted by atomic mass is 10.0. The molecular weight excluding hydrogens is 388 g/mol. The van der Waals surface area contributed by atoms with Crippen LogP contribution in [0.4, 0.5) is 0 Å². The summed E-state index contributed by atoms with van der Waals surface area (Å²) in [7, 11) is 6.34. The Labute approximate surface area is 175 Å². The minimum atomic E-state index is -0.654. The van der Waals surface area contributed by atoms with Gasteiger partial charge in [0.25, 0.3) is 5.91 Å². The van der Waals surface area contributed by atoms with E-state index in [1.165, 1.54) is 0 Å². The van der Waals surface area contributed by atoms with Gasteiger partial charge < -0.3 is 29.1 Å². The zero-order valence-corrected chi connectivity index (χ0v) is 17.6. The van der Waals surface area contributed by atoms with E-state index in [-0.39, 0.29) is 5.91 Å². The van der Waals surface area contributed by atoms with Gasteiger partial charge in [0.05, 0.1) is 34.2 Å². The number of nitrogens with zero attached hydrogens (tertiary/aromatic N) is 1. The summed E-state index contributed by atoms with van der Waals surface area (Å²) in [6, 6.07) is 11.2. The number of nitrogens with one attached hydrogen (secondary N) is 1. The fraction of sp³-hybridized carbons (Fsp3) is 0.364. The van der Waals surface area contributed by atoms with E-state index in [0.717, 1.165) is 11.1 Å². The van der Waals surface area contributed by atoms with Crippen molar-refractivity contribution in [2.45, 2.75) is 18.9 Å². The molecule has 1 atom stereocenters. The van der Waals surface area contributed by atoms with Crippen LogP contribution in [-0.4, -0.2) is 52.7 Å². The van der Waals surface area contributed by atoms with Crippen molar-refractivity contribution in [1.29, 1.82) is 0 Å². The number of carbonyl (C=O) groups is 1. The van der Waals surface area contributed by atoms with Gasteiger partial charge >= 0.3 is 0 Å². The molecule has 0 radical (unpaired) electrons. The third-order valence-corrected chi connectivity index (χ3v) is 4.84. The van der Waals surface area contributed by atoms with Crippen LogP contribution in [0.3, 0.4) is 0 Å². The van der Waals surface area contributed by atoms with Crippen molar-refractivity contribution in [3.8, 4) is 23.0 Å². The van der Waals surface area contributed by atoms with Crippen molar-refractivity contribution < 1.29 is 28.6 Å². The molecule has 8 nitrogen and oxygen atoms in total. The van der Waals surface area contributed by atoms with Crippen LogP contribution in [0.2, 0.25) is 0 Å². The maximum Gasteiger partial charge on any atom is 0.264 e. The van der Waals surface area contributed by atoms with E-state index in [0.29, 0.717) is 48.1 Å². The van der Waals surface area contributed by atoms with Crippen LogP contribution >= 0.6 is 0 Å². The first-order valence-corrected chi connectivity index (χ1v) is 9.53. The molecule has 0 saturated carbocycles. The average molecular weight is 414 g/mol. The molecule has 1 amide bonds. The number of ether oxygens (including phenoxy) is 4. The predicted molar refractivity (Wildman–Crippen MR) is 112 cm³/mol. The second-order valence-electron chi connectivity index (χ2n) is 6.64. The summed E-state index contributed by atoms with van der Waals surface area (Å²) in [5, 5.41) is 6.97. The van der Waals surface area contributed by atoms with Crippen molar-refractivity contribution in [3.63, 3.8) is 0 Å². The Hall–Kier alpha value is -3.42. The molecule has 0 saturated heterocycles. The smallest absolute Gasteiger partial charge is 0.264 e. The number of oxime groups is 1. The largest absolute Gasteiger partial charge is 0.493 e. The van der Waals surface area contributed by atoms with Gasteiger partial charge in [-0.15, -0.1) is 0 Å². The third kappa shape index (κ3) is 4.76. The fourth-order valence-electron chi connectivity index (χ4n) is 3.18. The molecule has 0 spiro atoms. The molecule has 0 unspecified atom stereocenters. The molecule has 2 aromatic rings. The Kier molecular flexibility index (Phi) is 7.00. The minimum Gasteiger partial charge on any atom is -0.493 e. The van der Waals surface area contributed by atoms with Crippen LogP contribution in [0.15, 0.2) is 41.6 Å². The lowest BCUT2D eigenvalue weighted by molar-refractivity contribution is -0.131. The monoisotopic (exact) mass is 414 g/mol. The molecule has 0 fully saturated rings. The second-order valence-corrected chi connectivity index (χ2v) is 6.64. The van der Waals surface area contributed by atoms with E-state index in [2.05, 4.69) is 10.5 Å². The lowest BCUT2D eigenvalue weighted by Gasteiger charge is -2.12. The van der Waals surface area contributed by atoms with Gasteiger partial charge in [-0.1, -0.05) is 11.2 Å². The molecule has 1 aliphatic rings. The van der Waals surface area contributed by atoms with Gasteiger partial charge in [0, 0.05) is 18.5 Å². The van der Waals surface area contributed by atoms with Crippen LogP contribution in [0.5, 0.6) is 23.0 Å². The van der Waals surface area contributed by atoms with E-state index in [1.54, 1.807) is 34.5 Å². The van der Waals surface area contributed by atoms with E-state index in [9.17, 15) is 4.79 Å². The Bertz CT molecular complexity index is 928. The number of amides is 1. The van der Waals surface area contributed by atoms with Gasteiger partial charge in [-0.2, -0.15) is 0 Å². The van der Waals surface area contributed by atoms with Gasteiger partial charge in [-0.05, 0) is 42.3 Å². The summed E-state index contributed by atoms with van der Waals surface area (Å²) in [5.74, 6) is 2.36.